The lowest BCUT2D eigenvalue weighted by Gasteiger charge is -2.38. The molecule has 1 saturated carbocycles. The van der Waals surface area contributed by atoms with Gasteiger partial charge < -0.3 is 15.8 Å². The van der Waals surface area contributed by atoms with E-state index in [1.165, 1.54) is 0 Å². The van der Waals surface area contributed by atoms with Crippen molar-refractivity contribution in [2.24, 2.45) is 21.7 Å². The predicted molar refractivity (Wildman–Crippen MR) is 64.7 cm³/mol. The van der Waals surface area contributed by atoms with E-state index in [0.29, 0.717) is 18.3 Å². The third kappa shape index (κ3) is 2.10. The quantitative estimate of drug-likeness (QED) is 0.328. The van der Waals surface area contributed by atoms with Crippen molar-refractivity contribution in [1.29, 1.82) is 0 Å². The highest BCUT2D eigenvalue weighted by atomic mass is 16.4. The summed E-state index contributed by atoms with van der Waals surface area (Å²) < 4.78 is 0. The average molecular weight is 239 g/mol. The smallest absolute Gasteiger partial charge is 0.236 e. The van der Waals surface area contributed by atoms with E-state index in [4.69, 9.17) is 10.9 Å². The van der Waals surface area contributed by atoms with E-state index < -0.39 is 5.41 Å². The number of carbonyl (C=O) groups excluding carboxylic acids is 1. The van der Waals surface area contributed by atoms with E-state index in [1.54, 1.807) is 0 Å². The molecule has 5 heteroatoms. The molecule has 1 heterocycles. The number of carbonyl (C=O) groups is 1. The van der Waals surface area contributed by atoms with Crippen molar-refractivity contribution in [3.8, 4) is 0 Å². The molecule has 0 aromatic carbocycles. The molecule has 2 fully saturated rings. The fourth-order valence-electron chi connectivity index (χ4n) is 2.42. The number of amides is 1. The molecule has 0 atom stereocenters. The Labute approximate surface area is 102 Å². The van der Waals surface area contributed by atoms with Crippen molar-refractivity contribution in [3.63, 3.8) is 0 Å². The maximum Gasteiger partial charge on any atom is 0.236 e. The first kappa shape index (κ1) is 12.2. The molecule has 96 valence electrons. The molecule has 2 aliphatic rings. The molecule has 0 spiro atoms. The summed E-state index contributed by atoms with van der Waals surface area (Å²) in [5.41, 5.74) is 5.27. The van der Waals surface area contributed by atoms with Gasteiger partial charge >= 0.3 is 0 Å². The summed E-state index contributed by atoms with van der Waals surface area (Å²) in [6.07, 6.45) is 3.46. The van der Waals surface area contributed by atoms with Crippen LogP contribution in [0, 0.1) is 10.8 Å². The molecule has 0 radical (unpaired) electrons. The molecule has 1 saturated heterocycles. The Hall–Kier alpha value is -1.26. The summed E-state index contributed by atoms with van der Waals surface area (Å²) in [7, 11) is 0. The highest BCUT2D eigenvalue weighted by Crippen LogP contribution is 2.48. The van der Waals surface area contributed by atoms with Crippen molar-refractivity contribution in [2.45, 2.75) is 39.5 Å². The van der Waals surface area contributed by atoms with Crippen LogP contribution in [0.1, 0.15) is 39.5 Å². The van der Waals surface area contributed by atoms with Crippen LogP contribution in [0.25, 0.3) is 0 Å². The van der Waals surface area contributed by atoms with Gasteiger partial charge in [-0.1, -0.05) is 19.0 Å². The highest BCUT2D eigenvalue weighted by molar-refractivity contribution is 6.09. The molecule has 2 rings (SSSR count). The van der Waals surface area contributed by atoms with Crippen molar-refractivity contribution < 1.29 is 10.0 Å². The third-order valence-electron chi connectivity index (χ3n) is 4.16. The summed E-state index contributed by atoms with van der Waals surface area (Å²) in [5.74, 6) is 0.121. The number of likely N-dealkylation sites (tertiary alicyclic amines) is 1. The van der Waals surface area contributed by atoms with Gasteiger partial charge in [0.2, 0.25) is 5.91 Å². The van der Waals surface area contributed by atoms with Gasteiger partial charge in [0.15, 0.2) is 5.84 Å². The molecular weight excluding hydrogens is 218 g/mol. The van der Waals surface area contributed by atoms with Crippen LogP contribution in [0.2, 0.25) is 0 Å². The van der Waals surface area contributed by atoms with Gasteiger partial charge in [0, 0.05) is 13.1 Å². The van der Waals surface area contributed by atoms with Crippen LogP contribution < -0.4 is 5.73 Å². The fourth-order valence-corrected chi connectivity index (χ4v) is 2.42. The Morgan fingerprint density at radius 3 is 2.18 bits per heavy atom. The van der Waals surface area contributed by atoms with Gasteiger partial charge in [0.25, 0.3) is 0 Å². The van der Waals surface area contributed by atoms with Gasteiger partial charge in [-0.15, -0.1) is 0 Å². The number of nitrogens with two attached hydrogens (primary N) is 1. The number of hydrogen-bond acceptors (Lipinski definition) is 3. The summed E-state index contributed by atoms with van der Waals surface area (Å²) in [6.45, 7) is 6.02. The molecule has 1 aliphatic carbocycles. The maximum absolute atomic E-state index is 12.3. The molecule has 0 aromatic rings. The zero-order valence-electron chi connectivity index (χ0n) is 10.6. The molecule has 5 nitrogen and oxygen atoms in total. The van der Waals surface area contributed by atoms with Gasteiger partial charge in [-0.2, -0.15) is 0 Å². The first-order chi connectivity index (χ1) is 7.91. The van der Waals surface area contributed by atoms with Gasteiger partial charge in [-0.05, 0) is 31.1 Å². The average Bonchev–Trinajstić information content (AvgIpc) is 3.08. The van der Waals surface area contributed by atoms with Crippen LogP contribution in [0.15, 0.2) is 5.16 Å². The fraction of sp³-hybridized carbons (Fsp3) is 0.833. The van der Waals surface area contributed by atoms with Crippen LogP contribution >= 0.6 is 0 Å². The Morgan fingerprint density at radius 2 is 1.76 bits per heavy atom. The predicted octanol–water partition coefficient (Wildman–Crippen LogP) is 1.16. The van der Waals surface area contributed by atoms with Crippen LogP contribution in [0.5, 0.6) is 0 Å². The van der Waals surface area contributed by atoms with Crippen LogP contribution in [-0.4, -0.2) is 34.9 Å². The number of amidine groups is 1. The number of hydrogen-bond donors (Lipinski definition) is 2. The van der Waals surface area contributed by atoms with E-state index in [-0.39, 0.29) is 11.7 Å². The van der Waals surface area contributed by atoms with E-state index >= 15 is 0 Å². The number of nitrogens with zero attached hydrogens (tertiary/aromatic N) is 2. The summed E-state index contributed by atoms with van der Waals surface area (Å²) in [6, 6.07) is 0. The van der Waals surface area contributed by atoms with Gasteiger partial charge in [-0.25, -0.2) is 0 Å². The Bertz CT molecular complexity index is 349. The van der Waals surface area contributed by atoms with Gasteiger partial charge in [0.05, 0.1) is 0 Å². The SMILES string of the molecule is CC1(C)CCN(C(=O)C2(C(N)=NO)CC2)CC1. The van der Waals surface area contributed by atoms with Crippen LogP contribution in [0.4, 0.5) is 0 Å². The zero-order valence-corrected chi connectivity index (χ0v) is 10.6. The van der Waals surface area contributed by atoms with E-state index in [1.807, 2.05) is 4.90 Å². The minimum Gasteiger partial charge on any atom is -0.409 e. The van der Waals surface area contributed by atoms with Gasteiger partial charge in [0.1, 0.15) is 5.41 Å². The summed E-state index contributed by atoms with van der Waals surface area (Å²) in [4.78, 5) is 14.2. The second kappa shape index (κ2) is 3.89. The van der Waals surface area contributed by atoms with Crippen molar-refractivity contribution in [2.75, 3.05) is 13.1 Å². The Balaban J connectivity index is 2.03. The second-order valence-corrected chi connectivity index (χ2v) is 6.02. The molecule has 1 amide bonds. The molecule has 1 aliphatic heterocycles. The highest BCUT2D eigenvalue weighted by Gasteiger charge is 2.56. The van der Waals surface area contributed by atoms with Crippen molar-refractivity contribution >= 4 is 11.7 Å². The Kier molecular flexibility index (Phi) is 2.79. The number of oxime groups is 1. The minimum atomic E-state index is -0.684. The second-order valence-electron chi connectivity index (χ2n) is 6.02. The number of rotatable bonds is 2. The standard InChI is InChI=1S/C12H21N3O2/c1-11(2)5-7-15(8-6-11)10(16)12(3-4-12)9(13)14-17/h17H,3-8H2,1-2H3,(H2,13,14). The normalized spacial score (nSPS) is 26.7. The maximum atomic E-state index is 12.3. The lowest BCUT2D eigenvalue weighted by molar-refractivity contribution is -0.136. The molecule has 17 heavy (non-hydrogen) atoms. The first-order valence-corrected chi connectivity index (χ1v) is 6.19. The van der Waals surface area contributed by atoms with Crippen LogP contribution in [0.3, 0.4) is 0 Å². The minimum absolute atomic E-state index is 0.0447. The monoisotopic (exact) mass is 239 g/mol. The van der Waals surface area contributed by atoms with Crippen molar-refractivity contribution in [3.05, 3.63) is 0 Å². The largest absolute Gasteiger partial charge is 0.409 e. The van der Waals surface area contributed by atoms with E-state index in [9.17, 15) is 4.79 Å². The van der Waals surface area contributed by atoms with Gasteiger partial charge in [-0.3, -0.25) is 4.79 Å². The molecular formula is C12H21N3O2. The Morgan fingerprint density at radius 1 is 1.24 bits per heavy atom. The third-order valence-corrected chi connectivity index (χ3v) is 4.16. The first-order valence-electron chi connectivity index (χ1n) is 6.19. The molecule has 0 aromatic heterocycles. The summed E-state index contributed by atoms with van der Waals surface area (Å²) >= 11 is 0. The molecule has 0 unspecified atom stereocenters. The van der Waals surface area contributed by atoms with E-state index in [0.717, 1.165) is 25.9 Å². The lowest BCUT2D eigenvalue weighted by atomic mass is 9.82. The topological polar surface area (TPSA) is 78.9 Å². The summed E-state index contributed by atoms with van der Waals surface area (Å²) in [5, 5.41) is 11.7. The zero-order chi connectivity index (χ0) is 12.7. The molecule has 0 bridgehead atoms. The lowest BCUT2D eigenvalue weighted by Crippen LogP contribution is -2.48. The number of piperidine rings is 1. The van der Waals surface area contributed by atoms with E-state index in [2.05, 4.69) is 19.0 Å². The van der Waals surface area contributed by atoms with Crippen molar-refractivity contribution in [1.82, 2.24) is 4.90 Å². The van der Waals surface area contributed by atoms with Crippen LogP contribution in [-0.2, 0) is 4.79 Å². The molecule has 3 N–H and O–H groups in total.